The van der Waals surface area contributed by atoms with E-state index in [-0.39, 0.29) is 11.7 Å². The van der Waals surface area contributed by atoms with Crippen molar-refractivity contribution in [1.29, 1.82) is 0 Å². The lowest BCUT2D eigenvalue weighted by Gasteiger charge is -2.40. The van der Waals surface area contributed by atoms with Gasteiger partial charge in [-0.3, -0.25) is 0 Å². The highest BCUT2D eigenvalue weighted by atomic mass is 19.1. The molecule has 0 bridgehead atoms. The molecule has 1 fully saturated rings. The lowest BCUT2D eigenvalue weighted by Crippen LogP contribution is -2.55. The topological polar surface area (TPSA) is 90.2 Å². The second kappa shape index (κ2) is 8.68. The Morgan fingerprint density at radius 3 is 2.29 bits per heavy atom. The van der Waals surface area contributed by atoms with Crippen molar-refractivity contribution in [2.75, 3.05) is 6.61 Å². The molecule has 6 heteroatoms. The second-order valence-corrected chi connectivity index (χ2v) is 7.35. The van der Waals surface area contributed by atoms with Crippen LogP contribution in [-0.4, -0.2) is 51.4 Å². The largest absolute Gasteiger partial charge is 0.394 e. The number of rotatable bonds is 5. The quantitative estimate of drug-likeness (QED) is 0.628. The van der Waals surface area contributed by atoms with Crippen LogP contribution >= 0.6 is 0 Å². The normalized spacial score (nSPS) is 28.9. The Morgan fingerprint density at radius 2 is 1.68 bits per heavy atom. The Balaban J connectivity index is 1.92. The molecule has 0 amide bonds. The molecule has 0 aromatic heterocycles. The summed E-state index contributed by atoms with van der Waals surface area (Å²) in [6.07, 6.45) is -5.35. The summed E-state index contributed by atoms with van der Waals surface area (Å²) in [6, 6.07) is 12.4. The fourth-order valence-electron chi connectivity index (χ4n) is 3.67. The molecule has 0 spiro atoms. The van der Waals surface area contributed by atoms with Crippen LogP contribution in [0.5, 0.6) is 0 Å². The van der Waals surface area contributed by atoms with Crippen LogP contribution in [0.1, 0.15) is 48.1 Å². The van der Waals surface area contributed by atoms with Crippen molar-refractivity contribution < 1.29 is 29.6 Å². The minimum atomic E-state index is -1.47. The average molecular weight is 390 g/mol. The van der Waals surface area contributed by atoms with E-state index in [0.29, 0.717) is 11.1 Å². The van der Waals surface area contributed by atoms with Crippen LogP contribution in [0.3, 0.4) is 0 Å². The van der Waals surface area contributed by atoms with Crippen LogP contribution in [0.2, 0.25) is 0 Å². The molecule has 4 N–H and O–H groups in total. The van der Waals surface area contributed by atoms with Crippen LogP contribution in [0, 0.1) is 5.82 Å². The van der Waals surface area contributed by atoms with Crippen molar-refractivity contribution in [3.8, 4) is 0 Å². The third-order valence-electron chi connectivity index (χ3n) is 5.60. The Bertz CT molecular complexity index is 792. The Morgan fingerprint density at radius 1 is 1.00 bits per heavy atom. The van der Waals surface area contributed by atoms with E-state index in [1.165, 1.54) is 17.7 Å². The molecule has 6 atom stereocenters. The van der Waals surface area contributed by atoms with E-state index >= 15 is 0 Å². The lowest BCUT2D eigenvalue weighted by molar-refractivity contribution is -0.231. The molecule has 1 saturated heterocycles. The number of hydrogen-bond acceptors (Lipinski definition) is 5. The first-order valence-corrected chi connectivity index (χ1v) is 9.56. The maximum Gasteiger partial charge on any atom is 0.127 e. The summed E-state index contributed by atoms with van der Waals surface area (Å²) in [6.45, 7) is 3.47. The summed E-state index contributed by atoms with van der Waals surface area (Å²) in [4.78, 5) is 0. The lowest BCUT2D eigenvalue weighted by atomic mass is 9.87. The van der Waals surface area contributed by atoms with E-state index < -0.39 is 37.1 Å². The van der Waals surface area contributed by atoms with Gasteiger partial charge in [-0.15, -0.1) is 0 Å². The standard InChI is InChI=1S/C22H27FO5/c1-3-13-4-6-14(7-5-13)12(2)16-10-15(8-9-17(16)23)22-21(27)20(26)19(25)18(11-24)28-22/h4-10,12,18-22,24-27H,3,11H2,1-2H3/t12?,18-,19-,20+,21-,22+/m1/s1. The number of hydrogen-bond donors (Lipinski definition) is 4. The van der Waals surface area contributed by atoms with Gasteiger partial charge in [0.15, 0.2) is 0 Å². The zero-order valence-electron chi connectivity index (χ0n) is 16.0. The molecule has 1 aliphatic heterocycles. The van der Waals surface area contributed by atoms with Crippen molar-refractivity contribution in [3.05, 3.63) is 70.5 Å². The zero-order chi connectivity index (χ0) is 20.4. The SMILES string of the molecule is CCc1ccc(C(C)c2cc([C@@H]3O[C@H](CO)[C@@H](O)[C@H](O)[C@H]3O)ccc2F)cc1. The first kappa shape index (κ1) is 20.9. The van der Waals surface area contributed by atoms with E-state index in [1.54, 1.807) is 6.07 Å². The highest BCUT2D eigenvalue weighted by Crippen LogP contribution is 2.35. The highest BCUT2D eigenvalue weighted by molar-refractivity contribution is 5.37. The van der Waals surface area contributed by atoms with E-state index in [2.05, 4.69) is 6.92 Å². The first-order valence-electron chi connectivity index (χ1n) is 9.56. The molecule has 152 valence electrons. The summed E-state index contributed by atoms with van der Waals surface area (Å²) in [5.41, 5.74) is 3.08. The van der Waals surface area contributed by atoms with Crippen molar-refractivity contribution in [2.24, 2.45) is 0 Å². The zero-order valence-corrected chi connectivity index (χ0v) is 16.0. The van der Waals surface area contributed by atoms with Gasteiger partial charge in [-0.25, -0.2) is 4.39 Å². The van der Waals surface area contributed by atoms with Gasteiger partial charge in [0.05, 0.1) is 6.61 Å². The summed E-state index contributed by atoms with van der Waals surface area (Å²) in [7, 11) is 0. The molecule has 28 heavy (non-hydrogen) atoms. The number of ether oxygens (including phenoxy) is 1. The number of aliphatic hydroxyl groups excluding tert-OH is 4. The van der Waals surface area contributed by atoms with E-state index in [0.717, 1.165) is 12.0 Å². The van der Waals surface area contributed by atoms with Crippen LogP contribution in [-0.2, 0) is 11.2 Å². The monoisotopic (exact) mass is 390 g/mol. The van der Waals surface area contributed by atoms with Gasteiger partial charge in [0, 0.05) is 5.92 Å². The summed E-state index contributed by atoms with van der Waals surface area (Å²) >= 11 is 0. The van der Waals surface area contributed by atoms with Gasteiger partial charge in [0.2, 0.25) is 0 Å². The van der Waals surface area contributed by atoms with Crippen LogP contribution in [0.15, 0.2) is 42.5 Å². The number of aliphatic hydroxyl groups is 4. The number of benzene rings is 2. The molecular weight excluding hydrogens is 363 g/mol. The smallest absolute Gasteiger partial charge is 0.127 e. The molecule has 3 rings (SSSR count). The van der Waals surface area contributed by atoms with Crippen LogP contribution in [0.4, 0.5) is 4.39 Å². The van der Waals surface area contributed by atoms with Gasteiger partial charge >= 0.3 is 0 Å². The minimum absolute atomic E-state index is 0.226. The second-order valence-electron chi connectivity index (χ2n) is 7.35. The van der Waals surface area contributed by atoms with E-state index in [9.17, 15) is 24.8 Å². The molecule has 5 nitrogen and oxygen atoms in total. The molecular formula is C22H27FO5. The summed E-state index contributed by atoms with van der Waals surface area (Å²) in [5, 5.41) is 39.7. The molecule has 1 unspecified atom stereocenters. The van der Waals surface area contributed by atoms with Crippen molar-refractivity contribution >= 4 is 0 Å². The first-order chi connectivity index (χ1) is 13.4. The molecule has 1 heterocycles. The van der Waals surface area contributed by atoms with Gasteiger partial charge in [-0.2, -0.15) is 0 Å². The fraction of sp³-hybridized carbons (Fsp3) is 0.455. The third kappa shape index (κ3) is 3.97. The molecule has 0 radical (unpaired) electrons. The average Bonchev–Trinajstić information content (AvgIpc) is 2.72. The summed E-state index contributed by atoms with van der Waals surface area (Å²) in [5.74, 6) is -0.601. The van der Waals surface area contributed by atoms with Gasteiger partial charge in [0.25, 0.3) is 0 Å². The van der Waals surface area contributed by atoms with E-state index in [1.807, 2.05) is 31.2 Å². The van der Waals surface area contributed by atoms with Crippen LogP contribution in [0.25, 0.3) is 0 Å². The number of halogens is 1. The predicted octanol–water partition coefficient (Wildman–Crippen LogP) is 2.05. The number of aryl methyl sites for hydroxylation is 1. The molecule has 0 aliphatic carbocycles. The fourth-order valence-corrected chi connectivity index (χ4v) is 3.67. The Kier molecular flexibility index (Phi) is 6.47. The Labute approximate surface area is 164 Å². The molecule has 0 saturated carbocycles. The minimum Gasteiger partial charge on any atom is -0.394 e. The van der Waals surface area contributed by atoms with Crippen molar-refractivity contribution in [3.63, 3.8) is 0 Å². The van der Waals surface area contributed by atoms with Crippen LogP contribution < -0.4 is 0 Å². The van der Waals surface area contributed by atoms with E-state index in [4.69, 9.17) is 4.74 Å². The highest BCUT2D eigenvalue weighted by Gasteiger charge is 2.44. The summed E-state index contributed by atoms with van der Waals surface area (Å²) < 4.78 is 20.2. The van der Waals surface area contributed by atoms with Crippen molar-refractivity contribution in [2.45, 2.75) is 56.7 Å². The van der Waals surface area contributed by atoms with Gasteiger partial charge in [-0.05, 0) is 40.8 Å². The van der Waals surface area contributed by atoms with Crippen molar-refractivity contribution in [1.82, 2.24) is 0 Å². The molecule has 2 aromatic carbocycles. The van der Waals surface area contributed by atoms with Gasteiger partial charge in [-0.1, -0.05) is 44.2 Å². The Hall–Kier alpha value is -1.83. The van der Waals surface area contributed by atoms with Gasteiger partial charge < -0.3 is 25.2 Å². The maximum atomic E-state index is 14.6. The molecule has 2 aromatic rings. The molecule has 1 aliphatic rings. The predicted molar refractivity (Wildman–Crippen MR) is 102 cm³/mol. The van der Waals surface area contributed by atoms with Gasteiger partial charge in [0.1, 0.15) is 36.3 Å². The third-order valence-corrected chi connectivity index (χ3v) is 5.60. The maximum absolute atomic E-state index is 14.6.